The lowest BCUT2D eigenvalue weighted by molar-refractivity contribution is -0.133. The lowest BCUT2D eigenvalue weighted by Gasteiger charge is -2.18. The molecule has 5 rings (SSSR count). The summed E-state index contributed by atoms with van der Waals surface area (Å²) in [6.45, 7) is 1.11. The molecule has 0 spiro atoms. The lowest BCUT2D eigenvalue weighted by atomic mass is 10.0. The number of carbonyl (C=O) groups is 1. The predicted octanol–water partition coefficient (Wildman–Crippen LogP) is 2.71. The highest BCUT2D eigenvalue weighted by Gasteiger charge is 2.27. The smallest absolute Gasteiger partial charge is 0.408 e. The topological polar surface area (TPSA) is 119 Å². The number of nitrogens with zero attached hydrogens (tertiary/aromatic N) is 2. The van der Waals surface area contributed by atoms with E-state index in [1.54, 1.807) is 32.4 Å². The van der Waals surface area contributed by atoms with Crippen molar-refractivity contribution in [1.82, 2.24) is 15.2 Å². The van der Waals surface area contributed by atoms with Crippen LogP contribution in [0.4, 0.5) is 4.39 Å². The number of aryl methyl sites for hydroxylation is 1. The normalized spacial score (nSPS) is 19.0. The summed E-state index contributed by atoms with van der Waals surface area (Å²) in [5.41, 5.74) is 2.30. The molecule has 4 aromatic rings. The Balaban J connectivity index is 1.34. The van der Waals surface area contributed by atoms with Gasteiger partial charge in [-0.1, -0.05) is 6.07 Å². The number of ether oxygens (including phenoxy) is 2. The molecular formula is C26H25FN4O5S. The Morgan fingerprint density at radius 2 is 2.19 bits per heavy atom. The zero-order chi connectivity index (χ0) is 26.1. The number of nitriles is 1. The Bertz CT molecular complexity index is 1570. The van der Waals surface area contributed by atoms with Crippen molar-refractivity contribution in [2.45, 2.75) is 24.7 Å². The second-order valence-corrected chi connectivity index (χ2v) is 9.99. The van der Waals surface area contributed by atoms with Gasteiger partial charge in [0.25, 0.3) is 5.91 Å². The number of fused-ring (bicyclic) bond motifs is 2. The Hall–Kier alpha value is -3.56. The molecule has 0 saturated carbocycles. The summed E-state index contributed by atoms with van der Waals surface area (Å²) >= 11 is 1.43. The van der Waals surface area contributed by atoms with Crippen LogP contribution in [0.5, 0.6) is 0 Å². The number of carbonyl (C=O) groups excluding carboxylic acids is 1. The molecular weight excluding hydrogens is 499 g/mol. The van der Waals surface area contributed by atoms with Crippen LogP contribution in [-0.4, -0.2) is 55.5 Å². The van der Waals surface area contributed by atoms with Crippen molar-refractivity contribution < 1.29 is 23.1 Å². The minimum absolute atomic E-state index is 0.0130. The van der Waals surface area contributed by atoms with E-state index in [1.165, 1.54) is 15.9 Å². The van der Waals surface area contributed by atoms with E-state index in [0.717, 1.165) is 15.1 Å². The highest BCUT2D eigenvalue weighted by atomic mass is 32.1. The van der Waals surface area contributed by atoms with E-state index in [2.05, 4.69) is 16.7 Å². The van der Waals surface area contributed by atoms with Crippen molar-refractivity contribution in [2.24, 2.45) is 7.05 Å². The molecule has 0 unspecified atom stereocenters. The first kappa shape index (κ1) is 25.1. The van der Waals surface area contributed by atoms with E-state index in [0.29, 0.717) is 35.1 Å². The van der Waals surface area contributed by atoms with Gasteiger partial charge in [-0.15, -0.1) is 11.3 Å². The summed E-state index contributed by atoms with van der Waals surface area (Å²) in [6.07, 6.45) is -0.914. The molecule has 0 bridgehead atoms. The van der Waals surface area contributed by atoms with Crippen LogP contribution >= 0.6 is 11.3 Å². The molecule has 2 N–H and O–H groups in total. The number of hydrogen-bond donors (Lipinski definition) is 2. The largest absolute Gasteiger partial charge is 0.419 e. The van der Waals surface area contributed by atoms with E-state index >= 15 is 4.39 Å². The van der Waals surface area contributed by atoms with Crippen LogP contribution in [0.25, 0.3) is 31.6 Å². The van der Waals surface area contributed by atoms with Gasteiger partial charge in [-0.2, -0.15) is 5.26 Å². The van der Waals surface area contributed by atoms with Gasteiger partial charge in [0.2, 0.25) is 0 Å². The summed E-state index contributed by atoms with van der Waals surface area (Å²) in [5.74, 6) is -1.31. The summed E-state index contributed by atoms with van der Waals surface area (Å²) in [7, 11) is 3.21. The maximum atomic E-state index is 15.5. The van der Waals surface area contributed by atoms with Gasteiger partial charge >= 0.3 is 5.76 Å². The van der Waals surface area contributed by atoms with E-state index in [-0.39, 0.29) is 19.1 Å². The van der Waals surface area contributed by atoms with Gasteiger partial charge in [0.15, 0.2) is 5.58 Å². The van der Waals surface area contributed by atoms with Crippen LogP contribution in [0.3, 0.4) is 0 Å². The first-order chi connectivity index (χ1) is 17.9. The lowest BCUT2D eigenvalue weighted by Crippen LogP contribution is -2.46. The van der Waals surface area contributed by atoms with E-state index < -0.39 is 29.6 Å². The SMILES string of the molecule is CO[C@@H]1CNC[C@@H](C(=O)N[C@H](C#N)Cc2ccc3sc(-c4ccc5oc(=O)n(C)c5c4)cc3c2F)OC1. The molecule has 3 heterocycles. The fourth-order valence-electron chi connectivity index (χ4n) is 4.35. The fourth-order valence-corrected chi connectivity index (χ4v) is 5.41. The molecule has 11 heteroatoms. The molecule has 0 aliphatic carbocycles. The highest BCUT2D eigenvalue weighted by molar-refractivity contribution is 7.22. The molecule has 1 aliphatic rings. The first-order valence-corrected chi connectivity index (χ1v) is 12.6. The maximum absolute atomic E-state index is 15.5. The molecule has 192 valence electrons. The quantitative estimate of drug-likeness (QED) is 0.398. The van der Waals surface area contributed by atoms with Gasteiger partial charge in [0.05, 0.1) is 24.3 Å². The molecule has 37 heavy (non-hydrogen) atoms. The highest BCUT2D eigenvalue weighted by Crippen LogP contribution is 2.37. The number of halogens is 1. The van der Waals surface area contributed by atoms with E-state index in [9.17, 15) is 14.9 Å². The van der Waals surface area contributed by atoms with Crippen molar-refractivity contribution in [2.75, 3.05) is 26.8 Å². The van der Waals surface area contributed by atoms with Crippen molar-refractivity contribution in [1.29, 1.82) is 5.26 Å². The summed E-state index contributed by atoms with van der Waals surface area (Å²) in [4.78, 5) is 25.3. The second kappa shape index (κ2) is 10.4. The zero-order valence-electron chi connectivity index (χ0n) is 20.2. The molecule has 0 radical (unpaired) electrons. The third kappa shape index (κ3) is 5.01. The monoisotopic (exact) mass is 524 g/mol. The van der Waals surface area contributed by atoms with E-state index in [4.69, 9.17) is 13.9 Å². The summed E-state index contributed by atoms with van der Waals surface area (Å²) in [6, 6.07) is 11.7. The van der Waals surface area contributed by atoms with E-state index in [1.807, 2.05) is 18.2 Å². The third-order valence-electron chi connectivity index (χ3n) is 6.50. The van der Waals surface area contributed by atoms with Crippen LogP contribution in [0.2, 0.25) is 0 Å². The Morgan fingerprint density at radius 3 is 2.97 bits per heavy atom. The second-order valence-electron chi connectivity index (χ2n) is 8.90. The first-order valence-electron chi connectivity index (χ1n) is 11.7. The van der Waals surface area contributed by atoms with Crippen LogP contribution in [-0.2, 0) is 27.7 Å². The molecule has 9 nitrogen and oxygen atoms in total. The van der Waals surface area contributed by atoms with Crippen molar-refractivity contribution in [3.05, 3.63) is 58.3 Å². The van der Waals surface area contributed by atoms with Gasteiger partial charge in [-0.05, 0) is 41.5 Å². The van der Waals surface area contributed by atoms with Crippen LogP contribution in [0, 0.1) is 17.1 Å². The van der Waals surface area contributed by atoms with Gasteiger partial charge in [-0.25, -0.2) is 9.18 Å². The Morgan fingerprint density at radius 1 is 1.35 bits per heavy atom. The minimum atomic E-state index is -0.924. The summed E-state index contributed by atoms with van der Waals surface area (Å²) in [5, 5.41) is 15.9. The Labute approximate surface area is 215 Å². The van der Waals surface area contributed by atoms with Crippen molar-refractivity contribution >= 4 is 38.4 Å². The standard InChI is InChI=1S/C26H25FN4O5S/c1-31-19-8-14(3-5-20(19)36-26(31)33)23-9-18-22(37-23)6-4-15(24(18)27)7-16(10-28)30-25(32)21-12-29-11-17(34-2)13-35-21/h3-6,8-9,16-17,21,29H,7,11-13H2,1-2H3,(H,30,32)/t16-,17+,21-/m0/s1. The number of thiophene rings is 1. The Kier molecular flexibility index (Phi) is 7.08. The van der Waals surface area contributed by atoms with Gasteiger partial charge in [0.1, 0.15) is 18.0 Å². The number of nitrogens with one attached hydrogen (secondary N) is 2. The molecule has 1 saturated heterocycles. The predicted molar refractivity (Wildman–Crippen MR) is 137 cm³/mol. The van der Waals surface area contributed by atoms with Gasteiger partial charge < -0.3 is 24.5 Å². The number of aromatic nitrogens is 1. The minimum Gasteiger partial charge on any atom is -0.408 e. The number of hydrogen-bond acceptors (Lipinski definition) is 8. The van der Waals surface area contributed by atoms with Gasteiger partial charge in [-0.3, -0.25) is 9.36 Å². The van der Waals surface area contributed by atoms with Crippen molar-refractivity contribution in [3.63, 3.8) is 0 Å². The number of amides is 1. The third-order valence-corrected chi connectivity index (χ3v) is 7.65. The van der Waals surface area contributed by atoms with Crippen LogP contribution < -0.4 is 16.4 Å². The zero-order valence-corrected chi connectivity index (χ0v) is 21.1. The molecule has 3 atom stereocenters. The average Bonchev–Trinajstić information content (AvgIpc) is 3.35. The average molecular weight is 525 g/mol. The maximum Gasteiger partial charge on any atom is 0.419 e. The van der Waals surface area contributed by atoms with Crippen molar-refractivity contribution in [3.8, 4) is 16.5 Å². The summed E-state index contributed by atoms with van der Waals surface area (Å²) < 4.78 is 33.8. The number of rotatable bonds is 6. The number of benzene rings is 2. The fraction of sp³-hybridized carbons (Fsp3) is 0.346. The molecule has 2 aromatic carbocycles. The molecule has 1 aliphatic heterocycles. The molecule has 1 amide bonds. The van der Waals surface area contributed by atoms with Crippen LogP contribution in [0.1, 0.15) is 5.56 Å². The molecule has 1 fully saturated rings. The molecule has 2 aromatic heterocycles. The number of oxazole rings is 1. The number of methoxy groups -OCH3 is 1. The van der Waals surface area contributed by atoms with Crippen LogP contribution in [0.15, 0.2) is 45.6 Å². The van der Waals surface area contributed by atoms with Gasteiger partial charge in [0, 0.05) is 48.6 Å².